The standard InChI is InChI=1S/C12H20O2/c1-12(2,3)11(14)10-7-4-5-8(10)9(13)6-7/h7-10,13H,4-6H2,1-3H3. The summed E-state index contributed by atoms with van der Waals surface area (Å²) in [6, 6.07) is 0. The third-order valence-electron chi connectivity index (χ3n) is 3.92. The van der Waals surface area contributed by atoms with Gasteiger partial charge in [0.1, 0.15) is 5.78 Å². The lowest BCUT2D eigenvalue weighted by molar-refractivity contribution is -0.132. The average molecular weight is 196 g/mol. The summed E-state index contributed by atoms with van der Waals surface area (Å²) in [6.07, 6.45) is 2.86. The van der Waals surface area contributed by atoms with Gasteiger partial charge in [0.15, 0.2) is 0 Å². The van der Waals surface area contributed by atoms with E-state index in [2.05, 4.69) is 0 Å². The first kappa shape index (κ1) is 10.2. The van der Waals surface area contributed by atoms with Gasteiger partial charge in [-0.05, 0) is 31.1 Å². The van der Waals surface area contributed by atoms with Crippen molar-refractivity contribution in [3.05, 3.63) is 0 Å². The Bertz CT molecular complexity index is 252. The summed E-state index contributed by atoms with van der Waals surface area (Å²) in [6.45, 7) is 5.96. The quantitative estimate of drug-likeness (QED) is 0.696. The molecule has 2 aliphatic carbocycles. The Morgan fingerprint density at radius 3 is 2.29 bits per heavy atom. The molecule has 0 aromatic heterocycles. The minimum Gasteiger partial charge on any atom is -0.393 e. The van der Waals surface area contributed by atoms with E-state index in [1.165, 1.54) is 0 Å². The highest BCUT2D eigenvalue weighted by molar-refractivity contribution is 5.87. The Kier molecular flexibility index (Phi) is 2.22. The lowest BCUT2D eigenvalue weighted by Crippen LogP contribution is -2.32. The smallest absolute Gasteiger partial charge is 0.141 e. The van der Waals surface area contributed by atoms with Crippen LogP contribution in [0.3, 0.4) is 0 Å². The highest BCUT2D eigenvalue weighted by Crippen LogP contribution is 2.51. The molecule has 4 unspecified atom stereocenters. The van der Waals surface area contributed by atoms with Gasteiger partial charge in [-0.15, -0.1) is 0 Å². The molecule has 2 fully saturated rings. The van der Waals surface area contributed by atoms with E-state index in [1.807, 2.05) is 20.8 Å². The maximum Gasteiger partial charge on any atom is 0.141 e. The van der Waals surface area contributed by atoms with Crippen molar-refractivity contribution in [1.82, 2.24) is 0 Å². The Morgan fingerprint density at radius 2 is 1.93 bits per heavy atom. The number of ketones is 1. The normalized spacial score (nSPS) is 41.7. The Hall–Kier alpha value is -0.370. The van der Waals surface area contributed by atoms with Crippen molar-refractivity contribution < 1.29 is 9.90 Å². The molecule has 0 aromatic carbocycles. The molecule has 0 aliphatic heterocycles. The predicted octanol–water partition coefficient (Wildman–Crippen LogP) is 2.01. The van der Waals surface area contributed by atoms with Crippen LogP contribution < -0.4 is 0 Å². The molecule has 0 spiro atoms. The highest BCUT2D eigenvalue weighted by Gasteiger charge is 2.52. The molecule has 1 N–H and O–H groups in total. The molecule has 0 radical (unpaired) electrons. The molecule has 80 valence electrons. The molecule has 2 nitrogen and oxygen atoms in total. The second kappa shape index (κ2) is 3.06. The largest absolute Gasteiger partial charge is 0.393 e. The molecule has 0 amide bonds. The van der Waals surface area contributed by atoms with Gasteiger partial charge in [-0.3, -0.25) is 4.79 Å². The van der Waals surface area contributed by atoms with Gasteiger partial charge < -0.3 is 5.11 Å². The minimum atomic E-state index is -0.241. The zero-order valence-electron chi connectivity index (χ0n) is 9.29. The fourth-order valence-electron chi connectivity index (χ4n) is 3.20. The summed E-state index contributed by atoms with van der Waals surface area (Å²) in [7, 11) is 0. The van der Waals surface area contributed by atoms with Crippen molar-refractivity contribution in [1.29, 1.82) is 0 Å². The van der Waals surface area contributed by atoms with Crippen molar-refractivity contribution in [2.75, 3.05) is 0 Å². The molecule has 14 heavy (non-hydrogen) atoms. The van der Waals surface area contributed by atoms with Gasteiger partial charge in [-0.2, -0.15) is 0 Å². The van der Waals surface area contributed by atoms with E-state index in [0.29, 0.717) is 11.7 Å². The molecule has 2 heteroatoms. The van der Waals surface area contributed by atoms with Gasteiger partial charge in [-0.25, -0.2) is 0 Å². The summed E-state index contributed by atoms with van der Waals surface area (Å²) < 4.78 is 0. The molecular formula is C12H20O2. The SMILES string of the molecule is CC(C)(C)C(=O)C1C2CCC1C(O)C2. The summed E-state index contributed by atoms with van der Waals surface area (Å²) in [4.78, 5) is 12.2. The lowest BCUT2D eigenvalue weighted by Gasteiger charge is -2.24. The minimum absolute atomic E-state index is 0.157. The van der Waals surface area contributed by atoms with Crippen LogP contribution in [0.1, 0.15) is 40.0 Å². The number of hydrogen-bond donors (Lipinski definition) is 1. The summed E-state index contributed by atoms with van der Waals surface area (Å²) >= 11 is 0. The van der Waals surface area contributed by atoms with Crippen LogP contribution >= 0.6 is 0 Å². The Balaban J connectivity index is 2.17. The number of carbonyl (C=O) groups is 1. The molecule has 2 saturated carbocycles. The van der Waals surface area contributed by atoms with Crippen molar-refractivity contribution in [3.63, 3.8) is 0 Å². The Labute approximate surface area is 85.7 Å². The summed E-state index contributed by atoms with van der Waals surface area (Å²) in [5.74, 6) is 1.26. The van der Waals surface area contributed by atoms with E-state index in [9.17, 15) is 9.90 Å². The average Bonchev–Trinajstić information content (AvgIpc) is 2.56. The fraction of sp³-hybridized carbons (Fsp3) is 0.917. The van der Waals surface area contributed by atoms with Gasteiger partial charge >= 0.3 is 0 Å². The van der Waals surface area contributed by atoms with Crippen LogP contribution in [0.2, 0.25) is 0 Å². The molecule has 2 aliphatic rings. The summed E-state index contributed by atoms with van der Waals surface area (Å²) in [5, 5.41) is 9.75. The van der Waals surface area contributed by atoms with Crippen molar-refractivity contribution in [3.8, 4) is 0 Å². The van der Waals surface area contributed by atoms with E-state index in [1.54, 1.807) is 0 Å². The van der Waals surface area contributed by atoms with Crippen LogP contribution in [0, 0.1) is 23.2 Å². The van der Waals surface area contributed by atoms with E-state index in [4.69, 9.17) is 0 Å². The maximum absolute atomic E-state index is 12.2. The fourth-order valence-corrected chi connectivity index (χ4v) is 3.20. The predicted molar refractivity (Wildman–Crippen MR) is 54.8 cm³/mol. The third-order valence-corrected chi connectivity index (χ3v) is 3.92. The van der Waals surface area contributed by atoms with Gasteiger partial charge in [-0.1, -0.05) is 20.8 Å². The zero-order valence-corrected chi connectivity index (χ0v) is 9.29. The van der Waals surface area contributed by atoms with Crippen LogP contribution in [0.5, 0.6) is 0 Å². The molecule has 2 rings (SSSR count). The third kappa shape index (κ3) is 1.40. The molecule has 0 aromatic rings. The number of carbonyl (C=O) groups excluding carboxylic acids is 1. The van der Waals surface area contributed by atoms with Crippen molar-refractivity contribution in [2.45, 2.75) is 46.1 Å². The highest BCUT2D eigenvalue weighted by atomic mass is 16.3. The first-order chi connectivity index (χ1) is 6.41. The van der Waals surface area contributed by atoms with Gasteiger partial charge in [0.2, 0.25) is 0 Å². The first-order valence-corrected chi connectivity index (χ1v) is 5.63. The van der Waals surface area contributed by atoms with E-state index in [-0.39, 0.29) is 23.4 Å². The number of hydrogen-bond acceptors (Lipinski definition) is 2. The Morgan fingerprint density at radius 1 is 1.29 bits per heavy atom. The van der Waals surface area contributed by atoms with Gasteiger partial charge in [0.25, 0.3) is 0 Å². The molecule has 0 heterocycles. The monoisotopic (exact) mass is 196 g/mol. The molecule has 2 bridgehead atoms. The number of aliphatic hydroxyl groups is 1. The number of fused-ring (bicyclic) bond motifs is 2. The second-order valence-electron chi connectivity index (χ2n) is 5.94. The first-order valence-electron chi connectivity index (χ1n) is 5.63. The van der Waals surface area contributed by atoms with Crippen molar-refractivity contribution >= 4 is 5.78 Å². The van der Waals surface area contributed by atoms with Gasteiger partial charge in [0.05, 0.1) is 6.10 Å². The van der Waals surface area contributed by atoms with E-state index >= 15 is 0 Å². The van der Waals surface area contributed by atoms with Crippen LogP contribution in [-0.4, -0.2) is 17.0 Å². The zero-order chi connectivity index (χ0) is 10.5. The summed E-state index contributed by atoms with van der Waals surface area (Å²) in [5.41, 5.74) is -0.241. The molecular weight excluding hydrogens is 176 g/mol. The van der Waals surface area contributed by atoms with Crippen LogP contribution in [0.15, 0.2) is 0 Å². The van der Waals surface area contributed by atoms with Gasteiger partial charge in [0, 0.05) is 11.3 Å². The maximum atomic E-state index is 12.2. The number of aliphatic hydroxyl groups excluding tert-OH is 1. The van der Waals surface area contributed by atoms with Crippen molar-refractivity contribution in [2.24, 2.45) is 23.2 Å². The number of Topliss-reactive ketones (excluding diaryl/α,β-unsaturated/α-hetero) is 1. The molecule has 0 saturated heterocycles. The number of rotatable bonds is 1. The lowest BCUT2D eigenvalue weighted by atomic mass is 9.78. The van der Waals surface area contributed by atoms with Crippen LogP contribution in [0.25, 0.3) is 0 Å². The van der Waals surface area contributed by atoms with E-state index in [0.717, 1.165) is 19.3 Å². The topological polar surface area (TPSA) is 37.3 Å². The van der Waals surface area contributed by atoms with E-state index < -0.39 is 0 Å². The van der Waals surface area contributed by atoms with Crippen LogP contribution in [0.4, 0.5) is 0 Å². The molecule has 4 atom stereocenters. The van der Waals surface area contributed by atoms with Crippen LogP contribution in [-0.2, 0) is 4.79 Å². The second-order valence-corrected chi connectivity index (χ2v) is 5.94.